The van der Waals surface area contributed by atoms with E-state index >= 15 is 0 Å². The molecule has 0 aromatic rings. The molecule has 1 aliphatic rings. The Balaban J connectivity index is 1.98. The van der Waals surface area contributed by atoms with Crippen LogP contribution in [0.5, 0.6) is 0 Å². The van der Waals surface area contributed by atoms with E-state index in [9.17, 15) is 0 Å². The molecule has 1 saturated carbocycles. The van der Waals surface area contributed by atoms with Gasteiger partial charge in [0.05, 0.1) is 0 Å². The predicted molar refractivity (Wildman–Crippen MR) is 49.4 cm³/mol. The summed E-state index contributed by atoms with van der Waals surface area (Å²) in [5.41, 5.74) is 6.01. The fourth-order valence-corrected chi connectivity index (χ4v) is 1.79. The fraction of sp³-hybridized carbons (Fsp3) is 1.00. The van der Waals surface area contributed by atoms with Gasteiger partial charge < -0.3 is 5.73 Å². The summed E-state index contributed by atoms with van der Waals surface area (Å²) in [6.45, 7) is 4.55. The zero-order chi connectivity index (χ0) is 8.27. The highest BCUT2D eigenvalue weighted by Gasteiger charge is 2.36. The normalized spacial score (nSPS) is 31.9. The highest BCUT2D eigenvalue weighted by Crippen LogP contribution is 2.40. The van der Waals surface area contributed by atoms with Gasteiger partial charge in [0.2, 0.25) is 0 Å². The molecule has 66 valence electrons. The van der Waals surface area contributed by atoms with E-state index in [4.69, 9.17) is 5.73 Å². The minimum absolute atomic E-state index is 0.511. The van der Waals surface area contributed by atoms with Gasteiger partial charge >= 0.3 is 0 Å². The van der Waals surface area contributed by atoms with Crippen molar-refractivity contribution in [1.29, 1.82) is 0 Å². The summed E-state index contributed by atoms with van der Waals surface area (Å²) in [5.74, 6) is 1.79. The zero-order valence-electron chi connectivity index (χ0n) is 7.84. The van der Waals surface area contributed by atoms with Gasteiger partial charge in [0.1, 0.15) is 0 Å². The molecule has 0 aromatic carbocycles. The van der Waals surface area contributed by atoms with Crippen LogP contribution >= 0.6 is 0 Å². The Hall–Kier alpha value is -0.0400. The first kappa shape index (κ1) is 9.05. The highest BCUT2D eigenvalue weighted by atomic mass is 14.7. The van der Waals surface area contributed by atoms with Crippen LogP contribution in [0.4, 0.5) is 0 Å². The maximum absolute atomic E-state index is 6.01. The summed E-state index contributed by atoms with van der Waals surface area (Å²) < 4.78 is 0. The Kier molecular flexibility index (Phi) is 3.38. The second kappa shape index (κ2) is 4.10. The molecular formula is C10H21N. The Morgan fingerprint density at radius 1 is 1.45 bits per heavy atom. The first-order chi connectivity index (χ1) is 5.25. The standard InChI is InChI=1S/C10H21N/c1-3-4-5-6-10(11)9-7-8(9)2/h8-10H,3-7,11H2,1-2H3. The molecule has 1 rings (SSSR count). The summed E-state index contributed by atoms with van der Waals surface area (Å²) >= 11 is 0. The van der Waals surface area contributed by atoms with Crippen molar-refractivity contribution in [2.45, 2.75) is 52.0 Å². The molecule has 1 aliphatic carbocycles. The predicted octanol–water partition coefficient (Wildman–Crippen LogP) is 2.55. The van der Waals surface area contributed by atoms with Crippen LogP contribution in [-0.2, 0) is 0 Å². The van der Waals surface area contributed by atoms with Crippen LogP contribution in [0.3, 0.4) is 0 Å². The molecule has 0 aliphatic heterocycles. The van der Waals surface area contributed by atoms with E-state index in [1.807, 2.05) is 0 Å². The smallest absolute Gasteiger partial charge is 0.00698 e. The van der Waals surface area contributed by atoms with E-state index < -0.39 is 0 Å². The quantitative estimate of drug-likeness (QED) is 0.607. The molecule has 1 fully saturated rings. The average Bonchev–Trinajstić information content (AvgIpc) is 2.67. The minimum atomic E-state index is 0.511. The van der Waals surface area contributed by atoms with Crippen molar-refractivity contribution in [2.24, 2.45) is 17.6 Å². The van der Waals surface area contributed by atoms with E-state index in [0.717, 1.165) is 11.8 Å². The van der Waals surface area contributed by atoms with Crippen molar-refractivity contribution in [3.05, 3.63) is 0 Å². The second-order valence-corrected chi connectivity index (χ2v) is 4.04. The van der Waals surface area contributed by atoms with E-state index in [-0.39, 0.29) is 0 Å². The summed E-state index contributed by atoms with van der Waals surface area (Å²) in [6, 6.07) is 0.511. The molecule has 0 saturated heterocycles. The lowest BCUT2D eigenvalue weighted by Gasteiger charge is -2.09. The SMILES string of the molecule is CCCCCC(N)C1CC1C. The van der Waals surface area contributed by atoms with Crippen LogP contribution < -0.4 is 5.73 Å². The van der Waals surface area contributed by atoms with E-state index in [1.165, 1.54) is 32.1 Å². The molecule has 0 heterocycles. The van der Waals surface area contributed by atoms with Crippen molar-refractivity contribution in [3.63, 3.8) is 0 Å². The summed E-state index contributed by atoms with van der Waals surface area (Å²) in [6.07, 6.45) is 6.64. The number of hydrogen-bond donors (Lipinski definition) is 1. The lowest BCUT2D eigenvalue weighted by atomic mass is 10.0. The Morgan fingerprint density at radius 3 is 2.55 bits per heavy atom. The van der Waals surface area contributed by atoms with Gasteiger partial charge in [-0.25, -0.2) is 0 Å². The van der Waals surface area contributed by atoms with Crippen molar-refractivity contribution >= 4 is 0 Å². The van der Waals surface area contributed by atoms with Crippen LogP contribution in [0.1, 0.15) is 46.0 Å². The van der Waals surface area contributed by atoms with Gasteiger partial charge in [0, 0.05) is 6.04 Å². The van der Waals surface area contributed by atoms with Gasteiger partial charge in [0.25, 0.3) is 0 Å². The molecule has 1 nitrogen and oxygen atoms in total. The summed E-state index contributed by atoms with van der Waals surface area (Å²) in [5, 5.41) is 0. The third-order valence-electron chi connectivity index (χ3n) is 2.86. The third kappa shape index (κ3) is 2.82. The lowest BCUT2D eigenvalue weighted by Crippen LogP contribution is -2.22. The molecular weight excluding hydrogens is 134 g/mol. The largest absolute Gasteiger partial charge is 0.327 e. The molecule has 0 aromatic heterocycles. The molecule has 3 atom stereocenters. The van der Waals surface area contributed by atoms with Gasteiger partial charge in [-0.2, -0.15) is 0 Å². The van der Waals surface area contributed by atoms with Crippen molar-refractivity contribution < 1.29 is 0 Å². The maximum atomic E-state index is 6.01. The lowest BCUT2D eigenvalue weighted by molar-refractivity contribution is 0.495. The minimum Gasteiger partial charge on any atom is -0.327 e. The van der Waals surface area contributed by atoms with Crippen molar-refractivity contribution in [1.82, 2.24) is 0 Å². The van der Waals surface area contributed by atoms with E-state index in [0.29, 0.717) is 6.04 Å². The van der Waals surface area contributed by atoms with E-state index in [2.05, 4.69) is 13.8 Å². The molecule has 1 heteroatoms. The molecule has 11 heavy (non-hydrogen) atoms. The monoisotopic (exact) mass is 155 g/mol. The molecule has 0 bridgehead atoms. The highest BCUT2D eigenvalue weighted by molar-refractivity contribution is 4.90. The molecule has 3 unspecified atom stereocenters. The van der Waals surface area contributed by atoms with Crippen molar-refractivity contribution in [2.75, 3.05) is 0 Å². The number of hydrogen-bond acceptors (Lipinski definition) is 1. The van der Waals surface area contributed by atoms with Gasteiger partial charge in [-0.05, 0) is 24.7 Å². The van der Waals surface area contributed by atoms with Gasteiger partial charge in [0.15, 0.2) is 0 Å². The maximum Gasteiger partial charge on any atom is 0.00698 e. The van der Waals surface area contributed by atoms with Gasteiger partial charge in [-0.3, -0.25) is 0 Å². The molecule has 0 radical (unpaired) electrons. The Morgan fingerprint density at radius 2 is 2.09 bits per heavy atom. The number of unbranched alkanes of at least 4 members (excludes halogenated alkanes) is 2. The zero-order valence-corrected chi connectivity index (χ0v) is 7.84. The van der Waals surface area contributed by atoms with Crippen LogP contribution in [0.25, 0.3) is 0 Å². The average molecular weight is 155 g/mol. The summed E-state index contributed by atoms with van der Waals surface area (Å²) in [4.78, 5) is 0. The number of rotatable bonds is 5. The summed E-state index contributed by atoms with van der Waals surface area (Å²) in [7, 11) is 0. The first-order valence-electron chi connectivity index (χ1n) is 5.01. The van der Waals surface area contributed by atoms with E-state index in [1.54, 1.807) is 0 Å². The van der Waals surface area contributed by atoms with Gasteiger partial charge in [-0.15, -0.1) is 0 Å². The van der Waals surface area contributed by atoms with Gasteiger partial charge in [-0.1, -0.05) is 33.1 Å². The Labute approximate surface area is 70.4 Å². The Bertz CT molecular complexity index is 111. The molecule has 0 spiro atoms. The first-order valence-corrected chi connectivity index (χ1v) is 5.01. The second-order valence-electron chi connectivity index (χ2n) is 4.04. The third-order valence-corrected chi connectivity index (χ3v) is 2.86. The molecule has 2 N–H and O–H groups in total. The van der Waals surface area contributed by atoms with Crippen LogP contribution in [0.15, 0.2) is 0 Å². The fourth-order valence-electron chi connectivity index (χ4n) is 1.79. The van der Waals surface area contributed by atoms with Crippen LogP contribution in [-0.4, -0.2) is 6.04 Å². The topological polar surface area (TPSA) is 26.0 Å². The number of nitrogens with two attached hydrogens (primary N) is 1. The molecule has 0 amide bonds. The van der Waals surface area contributed by atoms with Crippen LogP contribution in [0, 0.1) is 11.8 Å². The van der Waals surface area contributed by atoms with Crippen LogP contribution in [0.2, 0.25) is 0 Å². The van der Waals surface area contributed by atoms with Crippen molar-refractivity contribution in [3.8, 4) is 0 Å².